The number of hydrogen-bond donors (Lipinski definition) is 1. The summed E-state index contributed by atoms with van der Waals surface area (Å²) in [6.45, 7) is 7.62. The molecule has 0 fully saturated rings. The molecule has 1 aromatic carbocycles. The molecule has 1 aromatic rings. The van der Waals surface area contributed by atoms with E-state index in [1.54, 1.807) is 0 Å². The Morgan fingerprint density at radius 1 is 1.11 bits per heavy atom. The Labute approximate surface area is 111 Å². The van der Waals surface area contributed by atoms with Crippen molar-refractivity contribution in [2.24, 2.45) is 5.92 Å². The highest BCUT2D eigenvalue weighted by atomic mass is 16.5. The fraction of sp³-hybridized carbons (Fsp3) is 0.625. The van der Waals surface area contributed by atoms with Crippen LogP contribution in [0.2, 0.25) is 0 Å². The van der Waals surface area contributed by atoms with Crippen LogP contribution < -0.4 is 0 Å². The first kappa shape index (κ1) is 15.2. The third-order valence-electron chi connectivity index (χ3n) is 3.23. The van der Waals surface area contributed by atoms with Gasteiger partial charge in [0, 0.05) is 6.61 Å². The van der Waals surface area contributed by atoms with Crippen LogP contribution in [0.3, 0.4) is 0 Å². The lowest BCUT2D eigenvalue weighted by atomic mass is 10.1. The fourth-order valence-electron chi connectivity index (χ4n) is 2.03. The summed E-state index contributed by atoms with van der Waals surface area (Å²) >= 11 is 0. The second-order valence-electron chi connectivity index (χ2n) is 5.04. The topological polar surface area (TPSA) is 29.5 Å². The number of aliphatic hydroxyl groups is 1. The minimum atomic E-state index is -0.510. The number of ether oxygens (including phenoxy) is 1. The highest BCUT2D eigenvalue weighted by molar-refractivity contribution is 5.24. The first-order valence-electron chi connectivity index (χ1n) is 7.02. The van der Waals surface area contributed by atoms with Gasteiger partial charge < -0.3 is 9.84 Å². The largest absolute Gasteiger partial charge is 0.386 e. The second-order valence-corrected chi connectivity index (χ2v) is 5.04. The van der Waals surface area contributed by atoms with Crippen LogP contribution in [0.4, 0.5) is 0 Å². The van der Waals surface area contributed by atoms with Crippen molar-refractivity contribution < 1.29 is 9.84 Å². The van der Waals surface area contributed by atoms with E-state index in [1.165, 1.54) is 18.4 Å². The Kier molecular flexibility index (Phi) is 6.99. The molecule has 18 heavy (non-hydrogen) atoms. The van der Waals surface area contributed by atoms with Gasteiger partial charge in [-0.2, -0.15) is 0 Å². The molecule has 0 spiro atoms. The van der Waals surface area contributed by atoms with Crippen molar-refractivity contribution >= 4 is 0 Å². The van der Waals surface area contributed by atoms with Gasteiger partial charge in [-0.05, 0) is 29.9 Å². The number of benzene rings is 1. The van der Waals surface area contributed by atoms with Crippen LogP contribution >= 0.6 is 0 Å². The third-order valence-corrected chi connectivity index (χ3v) is 3.23. The van der Waals surface area contributed by atoms with Crippen LogP contribution in [0, 0.1) is 5.92 Å². The Morgan fingerprint density at radius 3 is 2.33 bits per heavy atom. The second kappa shape index (κ2) is 8.28. The van der Waals surface area contributed by atoms with Crippen LogP contribution in [-0.4, -0.2) is 18.3 Å². The summed E-state index contributed by atoms with van der Waals surface area (Å²) in [4.78, 5) is 0. The van der Waals surface area contributed by atoms with E-state index in [4.69, 9.17) is 4.74 Å². The van der Waals surface area contributed by atoms with E-state index < -0.39 is 6.10 Å². The van der Waals surface area contributed by atoms with Gasteiger partial charge in [-0.25, -0.2) is 0 Å². The Balaban J connectivity index is 2.33. The van der Waals surface area contributed by atoms with E-state index in [0.717, 1.165) is 18.6 Å². The normalized spacial score (nSPS) is 14.4. The average Bonchev–Trinajstić information content (AvgIpc) is 2.39. The average molecular weight is 250 g/mol. The summed E-state index contributed by atoms with van der Waals surface area (Å²) < 4.78 is 5.57. The summed E-state index contributed by atoms with van der Waals surface area (Å²) in [5, 5.41) is 10.0. The molecule has 0 bridgehead atoms. The van der Waals surface area contributed by atoms with E-state index in [-0.39, 0.29) is 0 Å². The molecule has 102 valence electrons. The first-order valence-corrected chi connectivity index (χ1v) is 7.02. The zero-order chi connectivity index (χ0) is 13.4. The van der Waals surface area contributed by atoms with Gasteiger partial charge in [-0.3, -0.25) is 0 Å². The molecule has 0 amide bonds. The van der Waals surface area contributed by atoms with Crippen molar-refractivity contribution in [3.05, 3.63) is 35.4 Å². The smallest absolute Gasteiger partial charge is 0.102 e. The van der Waals surface area contributed by atoms with E-state index >= 15 is 0 Å². The lowest BCUT2D eigenvalue weighted by molar-refractivity contribution is 0.0215. The van der Waals surface area contributed by atoms with Crippen LogP contribution in [-0.2, 0) is 11.2 Å². The Bertz CT molecular complexity index is 318. The zero-order valence-corrected chi connectivity index (χ0v) is 11.9. The summed E-state index contributed by atoms with van der Waals surface area (Å²) in [7, 11) is 0. The summed E-state index contributed by atoms with van der Waals surface area (Å²) in [6, 6.07) is 8.11. The summed E-state index contributed by atoms with van der Waals surface area (Å²) in [5.41, 5.74) is 2.23. The lowest BCUT2D eigenvalue weighted by Crippen LogP contribution is -2.12. The molecule has 0 heterocycles. The molecule has 2 atom stereocenters. The van der Waals surface area contributed by atoms with Crippen molar-refractivity contribution in [3.8, 4) is 0 Å². The summed E-state index contributed by atoms with van der Waals surface area (Å²) in [6.07, 6.45) is 2.89. The molecule has 0 aliphatic rings. The van der Waals surface area contributed by atoms with Gasteiger partial charge in [0.1, 0.15) is 6.10 Å². The first-order chi connectivity index (χ1) is 8.67. The van der Waals surface area contributed by atoms with Crippen LogP contribution in [0.15, 0.2) is 24.3 Å². The van der Waals surface area contributed by atoms with Gasteiger partial charge in [-0.15, -0.1) is 0 Å². The van der Waals surface area contributed by atoms with Crippen LogP contribution in [0.5, 0.6) is 0 Å². The maximum absolute atomic E-state index is 10.0. The molecule has 0 aliphatic heterocycles. The Morgan fingerprint density at radius 2 is 1.78 bits per heavy atom. The molecule has 0 saturated carbocycles. The number of aliphatic hydroxyl groups excluding tert-OH is 1. The summed E-state index contributed by atoms with van der Waals surface area (Å²) in [5.74, 6) is 0.574. The van der Waals surface area contributed by atoms with Crippen molar-refractivity contribution in [2.45, 2.75) is 46.1 Å². The molecular formula is C16H26O2. The Hall–Kier alpha value is -0.860. The van der Waals surface area contributed by atoms with Crippen molar-refractivity contribution in [3.63, 3.8) is 0 Å². The minimum Gasteiger partial charge on any atom is -0.386 e. The molecular weight excluding hydrogens is 224 g/mol. The molecule has 0 radical (unpaired) electrons. The molecule has 0 aliphatic carbocycles. The maximum Gasteiger partial charge on any atom is 0.102 e. The highest BCUT2D eigenvalue weighted by Gasteiger charge is 2.08. The van der Waals surface area contributed by atoms with Gasteiger partial charge in [0.05, 0.1) is 6.61 Å². The van der Waals surface area contributed by atoms with Crippen LogP contribution in [0.25, 0.3) is 0 Å². The predicted octanol–water partition coefficient (Wildman–Crippen LogP) is 3.74. The van der Waals surface area contributed by atoms with Crippen molar-refractivity contribution in [1.82, 2.24) is 0 Å². The molecule has 2 nitrogen and oxygen atoms in total. The number of rotatable bonds is 8. The zero-order valence-electron chi connectivity index (χ0n) is 11.9. The van der Waals surface area contributed by atoms with Crippen molar-refractivity contribution in [2.75, 3.05) is 13.2 Å². The van der Waals surface area contributed by atoms with Gasteiger partial charge >= 0.3 is 0 Å². The van der Waals surface area contributed by atoms with Gasteiger partial charge in [0.15, 0.2) is 0 Å². The predicted molar refractivity (Wildman–Crippen MR) is 75.7 cm³/mol. The number of aryl methyl sites for hydroxylation is 1. The molecule has 1 N–H and O–H groups in total. The van der Waals surface area contributed by atoms with E-state index in [9.17, 15) is 5.11 Å². The van der Waals surface area contributed by atoms with Gasteiger partial charge in [0.25, 0.3) is 0 Å². The van der Waals surface area contributed by atoms with E-state index in [2.05, 4.69) is 32.9 Å². The quantitative estimate of drug-likeness (QED) is 0.761. The van der Waals surface area contributed by atoms with Crippen LogP contribution in [0.1, 0.15) is 50.8 Å². The molecule has 2 unspecified atom stereocenters. The van der Waals surface area contributed by atoms with Gasteiger partial charge in [0.2, 0.25) is 0 Å². The molecule has 0 aromatic heterocycles. The van der Waals surface area contributed by atoms with Crippen molar-refractivity contribution in [1.29, 1.82) is 0 Å². The molecule has 1 rings (SSSR count). The number of hydrogen-bond acceptors (Lipinski definition) is 2. The fourth-order valence-corrected chi connectivity index (χ4v) is 2.03. The molecule has 2 heteroatoms. The maximum atomic E-state index is 10.0. The van der Waals surface area contributed by atoms with E-state index in [1.807, 2.05) is 12.1 Å². The highest BCUT2D eigenvalue weighted by Crippen LogP contribution is 2.15. The molecule has 0 saturated heterocycles. The lowest BCUT2D eigenvalue weighted by Gasteiger charge is -2.15. The minimum absolute atomic E-state index is 0.388. The monoisotopic (exact) mass is 250 g/mol. The standard InChI is InChI=1S/C16H26O2/c1-4-6-13(3)11-18-12-16(17)15-9-7-14(5-2)8-10-15/h7-10,13,16-17H,4-6,11-12H2,1-3H3. The van der Waals surface area contributed by atoms with E-state index in [0.29, 0.717) is 12.5 Å². The van der Waals surface area contributed by atoms with Gasteiger partial charge in [-0.1, -0.05) is 51.5 Å². The third kappa shape index (κ3) is 5.19. The SMILES string of the molecule is CCCC(C)COCC(O)c1ccc(CC)cc1.